The monoisotopic (exact) mass is 282 g/mol. The summed E-state index contributed by atoms with van der Waals surface area (Å²) in [6.07, 6.45) is 1.82. The van der Waals surface area contributed by atoms with Crippen molar-refractivity contribution in [1.82, 2.24) is 10.2 Å². The molecule has 2 rings (SSSR count). The van der Waals surface area contributed by atoms with E-state index in [0.717, 1.165) is 30.6 Å². The van der Waals surface area contributed by atoms with Crippen LogP contribution in [0.2, 0.25) is 0 Å². The summed E-state index contributed by atoms with van der Waals surface area (Å²) in [5, 5.41) is 4.23. The molecule has 19 heavy (non-hydrogen) atoms. The summed E-state index contributed by atoms with van der Waals surface area (Å²) in [6.45, 7) is 12.1. The molecule has 0 spiro atoms. The van der Waals surface area contributed by atoms with Crippen LogP contribution in [0.1, 0.15) is 32.1 Å². The highest BCUT2D eigenvalue weighted by molar-refractivity contribution is 7.99. The lowest BCUT2D eigenvalue weighted by Crippen LogP contribution is -2.36. The summed E-state index contributed by atoms with van der Waals surface area (Å²) in [4.78, 5) is 2.51. The van der Waals surface area contributed by atoms with Crippen molar-refractivity contribution in [2.24, 2.45) is 5.92 Å². The van der Waals surface area contributed by atoms with Crippen molar-refractivity contribution in [3.63, 3.8) is 0 Å². The van der Waals surface area contributed by atoms with Gasteiger partial charge in [0, 0.05) is 36.2 Å². The number of nitrogens with zero attached hydrogens (tertiary/aromatic N) is 1. The zero-order chi connectivity index (χ0) is 13.7. The molecular weight excluding hydrogens is 256 g/mol. The van der Waals surface area contributed by atoms with Crippen LogP contribution in [-0.4, -0.2) is 35.5 Å². The lowest BCUT2D eigenvalue weighted by atomic mass is 10.2. The SMILES string of the molecule is CC(C)CNCc1ccoc1CN1CCSC(C)C1. The van der Waals surface area contributed by atoms with E-state index in [2.05, 4.69) is 48.8 Å². The van der Waals surface area contributed by atoms with Crippen molar-refractivity contribution in [3.8, 4) is 0 Å². The summed E-state index contributed by atoms with van der Waals surface area (Å²) in [6, 6.07) is 2.10. The first kappa shape index (κ1) is 14.9. The van der Waals surface area contributed by atoms with Gasteiger partial charge in [-0.1, -0.05) is 20.8 Å². The first-order chi connectivity index (χ1) is 9.15. The Morgan fingerprint density at radius 2 is 2.37 bits per heavy atom. The normalized spacial score (nSPS) is 21.2. The quantitative estimate of drug-likeness (QED) is 0.868. The van der Waals surface area contributed by atoms with Gasteiger partial charge < -0.3 is 9.73 Å². The van der Waals surface area contributed by atoms with Crippen LogP contribution in [0.5, 0.6) is 0 Å². The highest BCUT2D eigenvalue weighted by Gasteiger charge is 2.19. The van der Waals surface area contributed by atoms with Gasteiger partial charge in [0.2, 0.25) is 0 Å². The van der Waals surface area contributed by atoms with Crippen LogP contribution in [0.25, 0.3) is 0 Å². The van der Waals surface area contributed by atoms with E-state index in [-0.39, 0.29) is 0 Å². The third-order valence-electron chi connectivity index (χ3n) is 3.40. The molecule has 0 radical (unpaired) electrons. The molecule has 108 valence electrons. The molecule has 2 heterocycles. The second-order valence-corrected chi connectivity index (χ2v) is 7.36. The Morgan fingerprint density at radius 3 is 3.11 bits per heavy atom. The molecule has 0 saturated carbocycles. The predicted octanol–water partition coefficient (Wildman–Crippen LogP) is 2.96. The molecule has 1 aromatic heterocycles. The van der Waals surface area contributed by atoms with E-state index in [4.69, 9.17) is 4.42 Å². The lowest BCUT2D eigenvalue weighted by Gasteiger charge is -2.29. The van der Waals surface area contributed by atoms with Crippen LogP contribution in [0.4, 0.5) is 0 Å². The molecule has 0 amide bonds. The average molecular weight is 282 g/mol. The number of hydrogen-bond donors (Lipinski definition) is 1. The zero-order valence-electron chi connectivity index (χ0n) is 12.3. The number of rotatable bonds is 6. The van der Waals surface area contributed by atoms with E-state index < -0.39 is 0 Å². The maximum absolute atomic E-state index is 5.67. The highest BCUT2D eigenvalue weighted by Crippen LogP contribution is 2.21. The summed E-state index contributed by atoms with van der Waals surface area (Å²) in [5.74, 6) is 3.06. The van der Waals surface area contributed by atoms with Crippen LogP contribution < -0.4 is 5.32 Å². The fraction of sp³-hybridized carbons (Fsp3) is 0.733. The fourth-order valence-electron chi connectivity index (χ4n) is 2.40. The van der Waals surface area contributed by atoms with Crippen molar-refractivity contribution in [1.29, 1.82) is 0 Å². The molecule has 3 nitrogen and oxygen atoms in total. The maximum atomic E-state index is 5.67. The van der Waals surface area contributed by atoms with Gasteiger partial charge in [-0.15, -0.1) is 0 Å². The van der Waals surface area contributed by atoms with Gasteiger partial charge in [-0.25, -0.2) is 0 Å². The van der Waals surface area contributed by atoms with E-state index in [9.17, 15) is 0 Å². The number of furan rings is 1. The van der Waals surface area contributed by atoms with Gasteiger partial charge in [-0.3, -0.25) is 4.90 Å². The topological polar surface area (TPSA) is 28.4 Å². The first-order valence-corrected chi connectivity index (χ1v) is 8.30. The molecule has 1 aliphatic heterocycles. The maximum Gasteiger partial charge on any atom is 0.122 e. The van der Waals surface area contributed by atoms with Gasteiger partial charge in [-0.05, 0) is 18.5 Å². The van der Waals surface area contributed by atoms with Gasteiger partial charge in [0.25, 0.3) is 0 Å². The second-order valence-electron chi connectivity index (χ2n) is 5.81. The minimum absolute atomic E-state index is 0.690. The molecule has 1 aromatic rings. The third-order valence-corrected chi connectivity index (χ3v) is 4.53. The molecule has 0 aromatic carbocycles. The minimum atomic E-state index is 0.690. The summed E-state index contributed by atoms with van der Waals surface area (Å²) < 4.78 is 5.67. The van der Waals surface area contributed by atoms with Crippen molar-refractivity contribution >= 4 is 11.8 Å². The molecule has 1 N–H and O–H groups in total. The Hall–Kier alpha value is -0.450. The summed E-state index contributed by atoms with van der Waals surface area (Å²) in [7, 11) is 0. The van der Waals surface area contributed by atoms with Crippen molar-refractivity contribution in [2.45, 2.75) is 39.1 Å². The van der Waals surface area contributed by atoms with Gasteiger partial charge in [0.1, 0.15) is 5.76 Å². The minimum Gasteiger partial charge on any atom is -0.468 e. The van der Waals surface area contributed by atoms with Gasteiger partial charge >= 0.3 is 0 Å². The molecule has 1 fully saturated rings. The average Bonchev–Trinajstić information content (AvgIpc) is 2.76. The molecule has 0 aliphatic carbocycles. The van der Waals surface area contributed by atoms with Crippen LogP contribution in [0, 0.1) is 5.92 Å². The summed E-state index contributed by atoms with van der Waals surface area (Å²) >= 11 is 2.07. The molecular formula is C15H26N2OS. The van der Waals surface area contributed by atoms with Crippen molar-refractivity contribution < 1.29 is 4.42 Å². The van der Waals surface area contributed by atoms with Crippen molar-refractivity contribution in [2.75, 3.05) is 25.4 Å². The number of thioether (sulfide) groups is 1. The Labute approximate surface area is 121 Å². The standard InChI is InChI=1S/C15H26N2OS/c1-12(2)8-16-9-14-4-6-18-15(14)11-17-5-7-19-13(3)10-17/h4,6,12-13,16H,5,7-11H2,1-3H3. The molecule has 1 saturated heterocycles. The zero-order valence-corrected chi connectivity index (χ0v) is 13.1. The van der Waals surface area contributed by atoms with Gasteiger partial charge in [-0.2, -0.15) is 11.8 Å². The Balaban J connectivity index is 1.84. The first-order valence-electron chi connectivity index (χ1n) is 7.25. The second kappa shape index (κ2) is 7.36. The molecule has 1 atom stereocenters. The molecule has 1 aliphatic rings. The Kier molecular flexibility index (Phi) is 5.79. The number of nitrogens with one attached hydrogen (secondary N) is 1. The third kappa shape index (κ3) is 4.86. The smallest absolute Gasteiger partial charge is 0.122 e. The highest BCUT2D eigenvalue weighted by atomic mass is 32.2. The largest absolute Gasteiger partial charge is 0.468 e. The predicted molar refractivity (Wildman–Crippen MR) is 82.4 cm³/mol. The van der Waals surface area contributed by atoms with E-state index in [1.807, 2.05) is 6.26 Å². The fourth-order valence-corrected chi connectivity index (χ4v) is 3.48. The van der Waals surface area contributed by atoms with Crippen LogP contribution in [-0.2, 0) is 13.1 Å². The number of hydrogen-bond acceptors (Lipinski definition) is 4. The molecule has 1 unspecified atom stereocenters. The van der Waals surface area contributed by atoms with E-state index >= 15 is 0 Å². The van der Waals surface area contributed by atoms with Crippen LogP contribution in [0.3, 0.4) is 0 Å². The van der Waals surface area contributed by atoms with E-state index in [1.165, 1.54) is 24.4 Å². The Morgan fingerprint density at radius 1 is 1.53 bits per heavy atom. The van der Waals surface area contributed by atoms with Gasteiger partial charge in [0.15, 0.2) is 0 Å². The van der Waals surface area contributed by atoms with E-state index in [1.54, 1.807) is 0 Å². The Bertz CT molecular complexity index is 378. The summed E-state index contributed by atoms with van der Waals surface area (Å²) in [5.41, 5.74) is 1.31. The lowest BCUT2D eigenvalue weighted by molar-refractivity contribution is 0.253. The van der Waals surface area contributed by atoms with Crippen LogP contribution >= 0.6 is 11.8 Å². The van der Waals surface area contributed by atoms with E-state index in [0.29, 0.717) is 5.92 Å². The van der Waals surface area contributed by atoms with Crippen LogP contribution in [0.15, 0.2) is 16.7 Å². The molecule has 0 bridgehead atoms. The van der Waals surface area contributed by atoms with Crippen molar-refractivity contribution in [3.05, 3.63) is 23.7 Å². The molecule has 4 heteroatoms. The van der Waals surface area contributed by atoms with Gasteiger partial charge in [0.05, 0.1) is 12.8 Å².